The number of nitrogens with zero attached hydrogens (tertiary/aromatic N) is 1. The number of hydrogen-bond donors (Lipinski definition) is 0. The molecule has 1 atom stereocenters. The monoisotopic (exact) mass is 441 g/mol. The van der Waals surface area contributed by atoms with Crippen molar-refractivity contribution in [1.82, 2.24) is 4.90 Å². The van der Waals surface area contributed by atoms with Crippen molar-refractivity contribution in [1.29, 1.82) is 0 Å². The molecule has 0 N–H and O–H groups in total. The maximum Gasteiger partial charge on any atom is 0.291 e. The number of hydrogen-bond acceptors (Lipinski definition) is 4. The lowest BCUT2D eigenvalue weighted by Crippen LogP contribution is -2.28. The van der Waals surface area contributed by atoms with Crippen LogP contribution in [0.2, 0.25) is 10.0 Å². The fourth-order valence-electron chi connectivity index (χ4n) is 3.71. The summed E-state index contributed by atoms with van der Waals surface area (Å²) >= 11 is 13.9. The summed E-state index contributed by atoms with van der Waals surface area (Å²) in [6.07, 6.45) is 0. The molecule has 0 radical (unpaired) electrons. The van der Waals surface area contributed by atoms with Gasteiger partial charge in [-0.05, 0) is 41.3 Å². The minimum Gasteiger partial charge on any atom is -0.450 e. The average Bonchev–Trinajstić information content (AvgIpc) is 3.32. The van der Waals surface area contributed by atoms with Crippen molar-refractivity contribution >= 4 is 51.4 Å². The van der Waals surface area contributed by atoms with E-state index in [4.69, 9.17) is 27.6 Å². The molecule has 0 saturated carbocycles. The van der Waals surface area contributed by atoms with Crippen LogP contribution in [0.1, 0.15) is 32.6 Å². The van der Waals surface area contributed by atoms with Crippen LogP contribution < -0.4 is 5.43 Å². The third-order valence-corrected chi connectivity index (χ3v) is 6.57. The summed E-state index contributed by atoms with van der Waals surface area (Å²) in [4.78, 5) is 29.2. The van der Waals surface area contributed by atoms with Crippen LogP contribution in [-0.2, 0) is 6.54 Å². The largest absolute Gasteiger partial charge is 0.450 e. The number of carbonyl (C=O) groups excluding carboxylic acids is 1. The van der Waals surface area contributed by atoms with Gasteiger partial charge in [-0.3, -0.25) is 9.59 Å². The first-order chi connectivity index (χ1) is 14.0. The van der Waals surface area contributed by atoms with Crippen molar-refractivity contribution in [2.45, 2.75) is 12.6 Å². The van der Waals surface area contributed by atoms with Gasteiger partial charge in [-0.15, -0.1) is 11.3 Å². The van der Waals surface area contributed by atoms with Crippen molar-refractivity contribution in [3.05, 3.63) is 102 Å². The van der Waals surface area contributed by atoms with E-state index >= 15 is 0 Å². The van der Waals surface area contributed by atoms with Gasteiger partial charge in [0.15, 0.2) is 5.43 Å². The van der Waals surface area contributed by atoms with E-state index in [1.807, 2.05) is 35.7 Å². The first kappa shape index (κ1) is 18.4. The van der Waals surface area contributed by atoms with E-state index in [1.165, 1.54) is 11.3 Å². The maximum absolute atomic E-state index is 13.4. The van der Waals surface area contributed by atoms with Crippen LogP contribution in [-0.4, -0.2) is 10.8 Å². The summed E-state index contributed by atoms with van der Waals surface area (Å²) in [5.41, 5.74) is 1.25. The van der Waals surface area contributed by atoms with E-state index < -0.39 is 6.04 Å². The lowest BCUT2D eigenvalue weighted by atomic mass is 10.0. The SMILES string of the molecule is O=C1c2oc3ccc(Cl)cc3c(=O)c2C(c2cccs2)N1Cc1ccccc1Cl. The van der Waals surface area contributed by atoms with Gasteiger partial charge in [-0.1, -0.05) is 47.5 Å². The highest BCUT2D eigenvalue weighted by Crippen LogP contribution is 2.41. The Morgan fingerprint density at radius 1 is 1.03 bits per heavy atom. The number of thiophene rings is 1. The average molecular weight is 442 g/mol. The molecule has 2 aromatic heterocycles. The van der Waals surface area contributed by atoms with Crippen molar-refractivity contribution in [3.8, 4) is 0 Å². The van der Waals surface area contributed by atoms with Gasteiger partial charge < -0.3 is 9.32 Å². The molecule has 3 heterocycles. The molecule has 5 rings (SSSR count). The summed E-state index contributed by atoms with van der Waals surface area (Å²) < 4.78 is 5.90. The van der Waals surface area contributed by atoms with E-state index in [0.717, 1.165) is 10.4 Å². The lowest BCUT2D eigenvalue weighted by molar-refractivity contribution is 0.0716. The first-order valence-electron chi connectivity index (χ1n) is 8.88. The molecule has 1 aliphatic rings. The first-order valence-corrected chi connectivity index (χ1v) is 10.5. The van der Waals surface area contributed by atoms with Crippen LogP contribution >= 0.6 is 34.5 Å². The van der Waals surface area contributed by atoms with Gasteiger partial charge in [0.2, 0.25) is 5.76 Å². The van der Waals surface area contributed by atoms with E-state index in [0.29, 0.717) is 26.6 Å². The highest BCUT2D eigenvalue weighted by atomic mass is 35.5. The molecule has 1 amide bonds. The van der Waals surface area contributed by atoms with Gasteiger partial charge in [-0.25, -0.2) is 0 Å². The van der Waals surface area contributed by atoms with E-state index in [2.05, 4.69) is 0 Å². The van der Waals surface area contributed by atoms with Crippen LogP contribution in [0, 0.1) is 0 Å². The molecular weight excluding hydrogens is 429 g/mol. The zero-order valence-electron chi connectivity index (χ0n) is 14.9. The van der Waals surface area contributed by atoms with Crippen molar-refractivity contribution in [2.75, 3.05) is 0 Å². The second kappa shape index (κ2) is 7.02. The van der Waals surface area contributed by atoms with Crippen LogP contribution in [0.5, 0.6) is 0 Å². The fraction of sp³-hybridized carbons (Fsp3) is 0.0909. The number of fused-ring (bicyclic) bond motifs is 2. The van der Waals surface area contributed by atoms with Crippen LogP contribution in [0.25, 0.3) is 11.0 Å². The fourth-order valence-corrected chi connectivity index (χ4v) is 4.92. The van der Waals surface area contributed by atoms with Gasteiger partial charge in [-0.2, -0.15) is 0 Å². The number of amides is 1. The molecule has 4 nitrogen and oxygen atoms in total. The van der Waals surface area contributed by atoms with Crippen LogP contribution in [0.15, 0.2) is 69.2 Å². The topological polar surface area (TPSA) is 50.5 Å². The second-order valence-corrected chi connectivity index (χ2v) is 8.58. The standard InChI is InChI=1S/C22H13Cl2NO3S/c23-13-7-8-16-14(10-13)20(26)18-19(17-6-3-9-29-17)25(22(27)21(18)28-16)11-12-4-1-2-5-15(12)24/h1-10,19H,11H2. The van der Waals surface area contributed by atoms with E-state index in [-0.39, 0.29) is 23.6 Å². The van der Waals surface area contributed by atoms with E-state index in [9.17, 15) is 9.59 Å². The molecule has 4 aromatic rings. The Morgan fingerprint density at radius 2 is 1.86 bits per heavy atom. The maximum atomic E-state index is 13.4. The van der Waals surface area contributed by atoms with Crippen molar-refractivity contribution in [2.24, 2.45) is 0 Å². The number of halogens is 2. The lowest BCUT2D eigenvalue weighted by Gasteiger charge is -2.24. The van der Waals surface area contributed by atoms with Crippen LogP contribution in [0.4, 0.5) is 0 Å². The van der Waals surface area contributed by atoms with Gasteiger partial charge in [0.1, 0.15) is 11.6 Å². The number of benzene rings is 2. The van der Waals surface area contributed by atoms with E-state index in [1.54, 1.807) is 29.2 Å². The third-order valence-electron chi connectivity index (χ3n) is 5.04. The van der Waals surface area contributed by atoms with Crippen LogP contribution in [0.3, 0.4) is 0 Å². The second-order valence-electron chi connectivity index (χ2n) is 6.76. The summed E-state index contributed by atoms with van der Waals surface area (Å²) in [5, 5.41) is 3.29. The molecule has 1 unspecified atom stereocenters. The molecule has 0 bridgehead atoms. The predicted molar refractivity (Wildman–Crippen MR) is 115 cm³/mol. The summed E-state index contributed by atoms with van der Waals surface area (Å²) in [6, 6.07) is 15.5. The normalized spacial score (nSPS) is 15.9. The quantitative estimate of drug-likeness (QED) is 0.397. The smallest absolute Gasteiger partial charge is 0.291 e. The molecule has 0 fully saturated rings. The van der Waals surface area contributed by atoms with Gasteiger partial charge in [0.25, 0.3) is 5.91 Å². The Labute approximate surface area is 179 Å². The molecular formula is C22H13Cl2NO3S. The molecule has 2 aromatic carbocycles. The Morgan fingerprint density at radius 3 is 2.62 bits per heavy atom. The summed E-state index contributed by atoms with van der Waals surface area (Å²) in [5.74, 6) is -0.248. The molecule has 29 heavy (non-hydrogen) atoms. The minimum absolute atomic E-state index is 0.0790. The molecule has 144 valence electrons. The Balaban J connectivity index is 1.73. The highest BCUT2D eigenvalue weighted by Gasteiger charge is 2.43. The molecule has 0 spiro atoms. The summed E-state index contributed by atoms with van der Waals surface area (Å²) in [6.45, 7) is 0.266. The van der Waals surface area contributed by atoms with Crippen molar-refractivity contribution < 1.29 is 9.21 Å². The molecule has 7 heteroatoms. The third kappa shape index (κ3) is 2.97. The Bertz CT molecular complexity index is 1310. The number of carbonyl (C=O) groups is 1. The van der Waals surface area contributed by atoms with Gasteiger partial charge >= 0.3 is 0 Å². The molecule has 0 saturated heterocycles. The highest BCUT2D eigenvalue weighted by molar-refractivity contribution is 7.10. The molecule has 1 aliphatic heterocycles. The zero-order valence-corrected chi connectivity index (χ0v) is 17.2. The minimum atomic E-state index is -0.534. The van der Waals surface area contributed by atoms with Crippen molar-refractivity contribution in [3.63, 3.8) is 0 Å². The summed E-state index contributed by atoms with van der Waals surface area (Å²) in [7, 11) is 0. The number of rotatable bonds is 3. The zero-order chi connectivity index (χ0) is 20.1. The Kier molecular flexibility index (Phi) is 4.46. The Hall–Kier alpha value is -2.60. The predicted octanol–water partition coefficient (Wildman–Crippen LogP) is 5.91. The van der Waals surface area contributed by atoms with Gasteiger partial charge in [0, 0.05) is 21.5 Å². The molecule has 0 aliphatic carbocycles. The van der Waals surface area contributed by atoms with Gasteiger partial charge in [0.05, 0.1) is 10.9 Å².